The minimum absolute atomic E-state index is 0.0337. The number of esters is 4. The third-order valence-corrected chi connectivity index (χ3v) is 7.82. The van der Waals surface area contributed by atoms with E-state index in [4.69, 9.17) is 18.9 Å². The summed E-state index contributed by atoms with van der Waals surface area (Å²) in [6, 6.07) is 4.51. The largest absolute Gasteiger partial charge is 0.504 e. The maximum absolute atomic E-state index is 12.6. The van der Waals surface area contributed by atoms with Gasteiger partial charge in [-0.15, -0.1) is 11.8 Å². The van der Waals surface area contributed by atoms with E-state index >= 15 is 0 Å². The van der Waals surface area contributed by atoms with E-state index in [9.17, 15) is 29.4 Å². The van der Waals surface area contributed by atoms with Gasteiger partial charge in [0, 0.05) is 23.0 Å². The summed E-state index contributed by atoms with van der Waals surface area (Å²) in [4.78, 5) is 49.5. The topological polar surface area (TPSA) is 146 Å². The van der Waals surface area contributed by atoms with Crippen molar-refractivity contribution in [3.8, 4) is 11.5 Å². The molecule has 226 valence electrons. The van der Waals surface area contributed by atoms with Crippen molar-refractivity contribution >= 4 is 72.7 Å². The molecule has 0 heterocycles. The number of thioether (sulfide) groups is 2. The second-order valence-electron chi connectivity index (χ2n) is 8.67. The van der Waals surface area contributed by atoms with E-state index in [1.807, 2.05) is 6.92 Å². The molecule has 2 N–H and O–H groups in total. The molecule has 0 saturated carbocycles. The van der Waals surface area contributed by atoms with E-state index in [2.05, 4.69) is 25.3 Å². The van der Waals surface area contributed by atoms with Crippen molar-refractivity contribution < 1.29 is 48.3 Å². The number of hydrogen-bond acceptors (Lipinski definition) is 14. The standard InChI is InChI=1S/C26H38O10S4/c1-2-12-39-13-8-23(30)35-17-26(15-33-21(28)6-10-37,16-34-22(29)7-11-38)18-36-24(31)9-14-40-20-5-3-4-19(27)25(20)32/h3-5,27,32,37-38H,2,6-18H2,1H3. The van der Waals surface area contributed by atoms with E-state index in [-0.39, 0.29) is 80.9 Å². The van der Waals surface area contributed by atoms with Gasteiger partial charge in [-0.05, 0) is 24.3 Å². The van der Waals surface area contributed by atoms with Crippen molar-refractivity contribution in [3.63, 3.8) is 0 Å². The van der Waals surface area contributed by atoms with Crippen LogP contribution in [0.3, 0.4) is 0 Å². The fourth-order valence-corrected chi connectivity index (χ4v) is 5.00. The van der Waals surface area contributed by atoms with Crippen LogP contribution >= 0.6 is 48.8 Å². The number of benzene rings is 1. The molecule has 0 saturated heterocycles. The zero-order valence-corrected chi connectivity index (χ0v) is 25.9. The summed E-state index contributed by atoms with van der Waals surface area (Å²) in [6.07, 6.45) is 1.16. The first-order valence-electron chi connectivity index (χ1n) is 12.7. The number of thiol groups is 2. The van der Waals surface area contributed by atoms with Crippen LogP contribution in [0, 0.1) is 5.41 Å². The van der Waals surface area contributed by atoms with E-state index in [1.54, 1.807) is 23.9 Å². The molecule has 0 bridgehead atoms. The summed E-state index contributed by atoms with van der Waals surface area (Å²) in [5.41, 5.74) is -1.34. The second-order valence-corrected chi connectivity index (χ2v) is 11.9. The van der Waals surface area contributed by atoms with Crippen LogP contribution in [0.15, 0.2) is 23.1 Å². The van der Waals surface area contributed by atoms with Crippen molar-refractivity contribution in [1.29, 1.82) is 0 Å². The molecule has 1 aromatic rings. The van der Waals surface area contributed by atoms with Gasteiger partial charge in [-0.25, -0.2) is 0 Å². The van der Waals surface area contributed by atoms with Crippen LogP contribution in [0.5, 0.6) is 11.5 Å². The number of hydrogen-bond donors (Lipinski definition) is 4. The number of carbonyl (C=O) groups excluding carboxylic acids is 4. The lowest BCUT2D eigenvalue weighted by molar-refractivity contribution is -0.170. The number of carbonyl (C=O) groups is 4. The first-order valence-corrected chi connectivity index (χ1v) is 16.1. The highest BCUT2D eigenvalue weighted by Gasteiger charge is 2.38. The predicted molar refractivity (Wildman–Crippen MR) is 161 cm³/mol. The number of ether oxygens (including phenoxy) is 4. The lowest BCUT2D eigenvalue weighted by Gasteiger charge is -2.31. The van der Waals surface area contributed by atoms with Crippen molar-refractivity contribution in [1.82, 2.24) is 0 Å². The monoisotopic (exact) mass is 638 g/mol. The Balaban J connectivity index is 2.91. The molecule has 10 nitrogen and oxygen atoms in total. The van der Waals surface area contributed by atoms with Crippen molar-refractivity contribution in [2.24, 2.45) is 5.41 Å². The quantitative estimate of drug-likeness (QED) is 0.0387. The first kappa shape index (κ1) is 36.1. The third kappa shape index (κ3) is 15.2. The zero-order chi connectivity index (χ0) is 29.8. The van der Waals surface area contributed by atoms with Crippen LogP contribution < -0.4 is 0 Å². The van der Waals surface area contributed by atoms with Crippen LogP contribution in [0.2, 0.25) is 0 Å². The molecule has 1 aromatic carbocycles. The number of phenols is 2. The third-order valence-electron chi connectivity index (χ3n) is 5.13. The predicted octanol–water partition coefficient (Wildman–Crippen LogP) is 3.91. The smallest absolute Gasteiger partial charge is 0.306 e. The van der Waals surface area contributed by atoms with Gasteiger partial charge in [0.1, 0.15) is 31.8 Å². The molecule has 40 heavy (non-hydrogen) atoms. The summed E-state index contributed by atoms with van der Waals surface area (Å²) in [5, 5.41) is 19.5. The average molecular weight is 639 g/mol. The molecule has 0 atom stereocenters. The molecule has 1 rings (SSSR count). The van der Waals surface area contributed by atoms with Gasteiger partial charge in [0.05, 0.1) is 30.6 Å². The summed E-state index contributed by atoms with van der Waals surface area (Å²) in [6.45, 7) is 0.718. The maximum atomic E-state index is 12.6. The SMILES string of the molecule is CCCSCCC(=O)OCC(COC(=O)CCS)(COC(=O)CCS)COC(=O)CCSc1cccc(O)c1O. The van der Waals surface area contributed by atoms with Gasteiger partial charge in [-0.3, -0.25) is 19.2 Å². The molecular formula is C26H38O10S4. The lowest BCUT2D eigenvalue weighted by Crippen LogP contribution is -2.44. The molecule has 0 aliphatic heterocycles. The fourth-order valence-electron chi connectivity index (χ4n) is 2.93. The van der Waals surface area contributed by atoms with E-state index in [1.165, 1.54) is 6.07 Å². The first-order chi connectivity index (χ1) is 19.2. The Hall–Kier alpha value is -1.90. The van der Waals surface area contributed by atoms with Gasteiger partial charge in [-0.1, -0.05) is 13.0 Å². The lowest BCUT2D eigenvalue weighted by atomic mass is 9.92. The van der Waals surface area contributed by atoms with Gasteiger partial charge >= 0.3 is 23.9 Å². The molecule has 0 radical (unpaired) electrons. The normalized spacial score (nSPS) is 11.1. The number of aromatic hydroxyl groups is 2. The highest BCUT2D eigenvalue weighted by molar-refractivity contribution is 7.99. The highest BCUT2D eigenvalue weighted by Crippen LogP contribution is 2.35. The number of rotatable bonds is 21. The van der Waals surface area contributed by atoms with Crippen molar-refractivity contribution in [3.05, 3.63) is 18.2 Å². The minimum Gasteiger partial charge on any atom is -0.504 e. The van der Waals surface area contributed by atoms with Gasteiger partial charge in [0.25, 0.3) is 0 Å². The molecule has 0 fully saturated rings. The Morgan fingerprint density at radius 1 is 0.750 bits per heavy atom. The molecule has 14 heteroatoms. The van der Waals surface area contributed by atoms with Crippen molar-refractivity contribution in [2.75, 3.05) is 55.2 Å². The molecule has 0 unspecified atom stereocenters. The second kappa shape index (κ2) is 20.9. The summed E-state index contributed by atoms with van der Waals surface area (Å²) >= 11 is 10.8. The van der Waals surface area contributed by atoms with Crippen LogP contribution in [0.25, 0.3) is 0 Å². The van der Waals surface area contributed by atoms with E-state index in [0.717, 1.165) is 23.9 Å². The summed E-state index contributed by atoms with van der Waals surface area (Å²) < 4.78 is 21.6. The Morgan fingerprint density at radius 2 is 1.23 bits per heavy atom. The number of phenolic OH excluding ortho intramolecular Hbond substituents is 2. The summed E-state index contributed by atoms with van der Waals surface area (Å²) in [7, 11) is 0. The summed E-state index contributed by atoms with van der Waals surface area (Å²) in [5.74, 6) is -0.504. The van der Waals surface area contributed by atoms with Gasteiger partial charge in [0.2, 0.25) is 0 Å². The Kier molecular flexibility index (Phi) is 18.9. The minimum atomic E-state index is -1.34. The molecule has 0 aromatic heterocycles. The maximum Gasteiger partial charge on any atom is 0.306 e. The highest BCUT2D eigenvalue weighted by atomic mass is 32.2. The fraction of sp³-hybridized carbons (Fsp3) is 0.615. The van der Waals surface area contributed by atoms with E-state index < -0.39 is 29.3 Å². The van der Waals surface area contributed by atoms with E-state index in [0.29, 0.717) is 10.6 Å². The van der Waals surface area contributed by atoms with Gasteiger partial charge < -0.3 is 29.2 Å². The zero-order valence-electron chi connectivity index (χ0n) is 22.5. The van der Waals surface area contributed by atoms with Crippen molar-refractivity contribution in [2.45, 2.75) is 43.9 Å². The van der Waals surface area contributed by atoms with Crippen LogP contribution in [0.1, 0.15) is 39.0 Å². The Labute approximate surface area is 254 Å². The Bertz CT molecular complexity index is 922. The molecule has 0 amide bonds. The van der Waals surface area contributed by atoms with Crippen LogP contribution in [-0.4, -0.2) is 89.3 Å². The molecule has 0 aliphatic carbocycles. The molecular weight excluding hydrogens is 601 g/mol. The van der Waals surface area contributed by atoms with Crippen LogP contribution in [-0.2, 0) is 38.1 Å². The molecule has 0 aliphatic rings. The van der Waals surface area contributed by atoms with Gasteiger partial charge in [-0.2, -0.15) is 37.0 Å². The van der Waals surface area contributed by atoms with Crippen LogP contribution in [0.4, 0.5) is 0 Å². The Morgan fingerprint density at radius 3 is 1.70 bits per heavy atom. The van der Waals surface area contributed by atoms with Gasteiger partial charge in [0.15, 0.2) is 11.5 Å². The average Bonchev–Trinajstić information content (AvgIpc) is 2.93. The number of para-hydroxylation sites is 1. The molecule has 0 spiro atoms.